The van der Waals surface area contributed by atoms with Crippen LogP contribution in [0.3, 0.4) is 0 Å². The molecule has 0 saturated carbocycles. The van der Waals surface area contributed by atoms with Crippen molar-refractivity contribution in [2.24, 2.45) is 0 Å². The molecule has 1 fully saturated rings. The first-order valence-electron chi connectivity index (χ1n) is 7.76. The van der Waals surface area contributed by atoms with Gasteiger partial charge >= 0.3 is 0 Å². The summed E-state index contributed by atoms with van der Waals surface area (Å²) >= 11 is 2.03. The Balaban J connectivity index is 1.74. The minimum absolute atomic E-state index is 0.232. The van der Waals surface area contributed by atoms with E-state index < -0.39 is 0 Å². The van der Waals surface area contributed by atoms with Crippen molar-refractivity contribution >= 4 is 11.8 Å². The molecule has 2 nitrogen and oxygen atoms in total. The average Bonchev–Trinajstić information content (AvgIpc) is 2.75. The minimum Gasteiger partial charge on any atom is -0.310 e. The molecular weight excluding hydrogens is 264 g/mol. The van der Waals surface area contributed by atoms with Gasteiger partial charge in [-0.05, 0) is 45.4 Å². The van der Waals surface area contributed by atoms with Crippen molar-refractivity contribution in [1.82, 2.24) is 10.2 Å². The summed E-state index contributed by atoms with van der Waals surface area (Å²) < 4.78 is 0. The Labute approximate surface area is 127 Å². The van der Waals surface area contributed by atoms with Crippen LogP contribution in [-0.4, -0.2) is 41.9 Å². The van der Waals surface area contributed by atoms with Gasteiger partial charge in [-0.1, -0.05) is 18.2 Å². The average molecular weight is 290 g/mol. The van der Waals surface area contributed by atoms with E-state index in [1.807, 2.05) is 11.8 Å². The summed E-state index contributed by atoms with van der Waals surface area (Å²) in [5.74, 6) is 1.95. The summed E-state index contributed by atoms with van der Waals surface area (Å²) in [5.41, 5.74) is 1.80. The molecule has 110 valence electrons. The Bertz CT molecular complexity index is 472. The number of hydrogen-bond acceptors (Lipinski definition) is 3. The van der Waals surface area contributed by atoms with Gasteiger partial charge in [-0.25, -0.2) is 0 Å². The van der Waals surface area contributed by atoms with Gasteiger partial charge in [0, 0.05) is 41.2 Å². The van der Waals surface area contributed by atoms with Crippen molar-refractivity contribution in [3.05, 3.63) is 29.8 Å². The predicted molar refractivity (Wildman–Crippen MR) is 87.6 cm³/mol. The van der Waals surface area contributed by atoms with E-state index in [0.717, 1.165) is 13.1 Å². The van der Waals surface area contributed by atoms with Gasteiger partial charge in [-0.2, -0.15) is 0 Å². The lowest BCUT2D eigenvalue weighted by molar-refractivity contribution is 0.174. The number of nitrogens with zero attached hydrogens (tertiary/aromatic N) is 1. The quantitative estimate of drug-likeness (QED) is 0.899. The molecule has 2 aliphatic rings. The molecule has 3 rings (SSSR count). The minimum atomic E-state index is 0.232. The van der Waals surface area contributed by atoms with Crippen molar-refractivity contribution in [3.63, 3.8) is 0 Å². The molecule has 2 atom stereocenters. The van der Waals surface area contributed by atoms with Gasteiger partial charge in [-0.3, -0.25) is 4.90 Å². The predicted octanol–water partition coefficient (Wildman–Crippen LogP) is 3.34. The largest absolute Gasteiger partial charge is 0.310 e. The highest BCUT2D eigenvalue weighted by molar-refractivity contribution is 7.99. The lowest BCUT2D eigenvalue weighted by atomic mass is 9.98. The normalized spacial score (nSPS) is 29.9. The molecule has 0 spiro atoms. The first kappa shape index (κ1) is 14.4. The maximum atomic E-state index is 3.68. The Kier molecular flexibility index (Phi) is 4.11. The van der Waals surface area contributed by atoms with Crippen LogP contribution < -0.4 is 5.32 Å². The molecule has 1 saturated heterocycles. The van der Waals surface area contributed by atoms with Crippen LogP contribution in [0.2, 0.25) is 0 Å². The fourth-order valence-electron chi connectivity index (χ4n) is 3.43. The summed E-state index contributed by atoms with van der Waals surface area (Å²) in [6.07, 6.45) is 1.25. The fourth-order valence-corrected chi connectivity index (χ4v) is 4.67. The van der Waals surface area contributed by atoms with Crippen LogP contribution >= 0.6 is 11.8 Å². The van der Waals surface area contributed by atoms with E-state index in [9.17, 15) is 0 Å². The molecule has 2 unspecified atom stereocenters. The zero-order valence-electron chi connectivity index (χ0n) is 12.9. The zero-order valence-corrected chi connectivity index (χ0v) is 13.7. The van der Waals surface area contributed by atoms with E-state index >= 15 is 0 Å². The van der Waals surface area contributed by atoms with Gasteiger partial charge in [0.05, 0.1) is 0 Å². The smallest absolute Gasteiger partial charge is 0.0252 e. The third-order valence-electron chi connectivity index (χ3n) is 4.64. The number of thioether (sulfide) groups is 1. The molecule has 0 amide bonds. The molecule has 1 aromatic carbocycles. The van der Waals surface area contributed by atoms with Crippen LogP contribution in [0, 0.1) is 0 Å². The van der Waals surface area contributed by atoms with Gasteiger partial charge in [0.1, 0.15) is 0 Å². The van der Waals surface area contributed by atoms with Crippen LogP contribution in [0.1, 0.15) is 38.7 Å². The molecular formula is C17H26N2S. The third-order valence-corrected chi connectivity index (χ3v) is 5.89. The number of nitrogens with one attached hydrogen (secondary N) is 1. The Hall–Kier alpha value is -0.510. The Morgan fingerprint density at radius 2 is 2.15 bits per heavy atom. The van der Waals surface area contributed by atoms with E-state index in [1.54, 1.807) is 5.56 Å². The lowest BCUT2D eigenvalue weighted by Crippen LogP contribution is -2.48. The molecule has 1 aromatic rings. The SMILES string of the molecule is CC1CCNC(C)(C)CN1CC1CSc2ccccc21. The van der Waals surface area contributed by atoms with Crippen LogP contribution in [0.25, 0.3) is 0 Å². The number of fused-ring (bicyclic) bond motifs is 1. The van der Waals surface area contributed by atoms with Crippen molar-refractivity contribution in [3.8, 4) is 0 Å². The maximum absolute atomic E-state index is 3.68. The van der Waals surface area contributed by atoms with Gasteiger partial charge in [0.2, 0.25) is 0 Å². The molecule has 0 bridgehead atoms. The van der Waals surface area contributed by atoms with E-state index in [-0.39, 0.29) is 5.54 Å². The second-order valence-electron chi connectivity index (χ2n) is 6.92. The van der Waals surface area contributed by atoms with Crippen LogP contribution in [-0.2, 0) is 0 Å². The van der Waals surface area contributed by atoms with Gasteiger partial charge < -0.3 is 5.32 Å². The summed E-state index contributed by atoms with van der Waals surface area (Å²) in [7, 11) is 0. The first-order valence-corrected chi connectivity index (χ1v) is 8.74. The monoisotopic (exact) mass is 290 g/mol. The second kappa shape index (κ2) is 5.70. The number of rotatable bonds is 2. The number of hydrogen-bond donors (Lipinski definition) is 1. The number of benzene rings is 1. The van der Waals surface area contributed by atoms with Crippen LogP contribution in [0.5, 0.6) is 0 Å². The molecule has 0 aliphatic carbocycles. The highest BCUT2D eigenvalue weighted by Crippen LogP contribution is 2.40. The zero-order chi connectivity index (χ0) is 14.2. The molecule has 1 N–H and O–H groups in total. The van der Waals surface area contributed by atoms with Crippen molar-refractivity contribution in [2.45, 2.75) is 49.6 Å². The summed E-state index contributed by atoms with van der Waals surface area (Å²) in [5, 5.41) is 3.68. The second-order valence-corrected chi connectivity index (χ2v) is 7.99. The highest BCUT2D eigenvalue weighted by Gasteiger charge is 2.31. The molecule has 2 aliphatic heterocycles. The van der Waals surface area contributed by atoms with Gasteiger partial charge in [-0.15, -0.1) is 11.8 Å². The van der Waals surface area contributed by atoms with Crippen molar-refractivity contribution < 1.29 is 0 Å². The van der Waals surface area contributed by atoms with E-state index in [2.05, 4.69) is 55.3 Å². The van der Waals surface area contributed by atoms with E-state index in [0.29, 0.717) is 12.0 Å². The third kappa shape index (κ3) is 3.05. The molecule has 20 heavy (non-hydrogen) atoms. The Morgan fingerprint density at radius 3 is 3.00 bits per heavy atom. The highest BCUT2D eigenvalue weighted by atomic mass is 32.2. The molecule has 2 heterocycles. The van der Waals surface area contributed by atoms with Crippen molar-refractivity contribution in [2.75, 3.05) is 25.4 Å². The topological polar surface area (TPSA) is 15.3 Å². The van der Waals surface area contributed by atoms with E-state index in [1.165, 1.54) is 23.6 Å². The van der Waals surface area contributed by atoms with Crippen LogP contribution in [0.15, 0.2) is 29.2 Å². The molecule has 0 aromatic heterocycles. The van der Waals surface area contributed by atoms with Crippen LogP contribution in [0.4, 0.5) is 0 Å². The summed E-state index contributed by atoms with van der Waals surface area (Å²) in [6.45, 7) is 10.5. The fraction of sp³-hybridized carbons (Fsp3) is 0.647. The van der Waals surface area contributed by atoms with E-state index in [4.69, 9.17) is 0 Å². The first-order chi connectivity index (χ1) is 9.55. The lowest BCUT2D eigenvalue weighted by Gasteiger charge is -2.34. The summed E-state index contributed by atoms with van der Waals surface area (Å²) in [6, 6.07) is 9.63. The summed E-state index contributed by atoms with van der Waals surface area (Å²) in [4.78, 5) is 4.20. The maximum Gasteiger partial charge on any atom is 0.0252 e. The standard InChI is InChI=1S/C17H26N2S/c1-13-8-9-18-17(2,3)12-19(13)10-14-11-20-16-7-5-4-6-15(14)16/h4-7,13-14,18H,8-12H2,1-3H3. The van der Waals surface area contributed by atoms with Gasteiger partial charge in [0.25, 0.3) is 0 Å². The Morgan fingerprint density at radius 1 is 1.35 bits per heavy atom. The van der Waals surface area contributed by atoms with Gasteiger partial charge in [0.15, 0.2) is 0 Å². The van der Waals surface area contributed by atoms with Crippen molar-refractivity contribution in [1.29, 1.82) is 0 Å². The molecule has 0 radical (unpaired) electrons. The molecule has 3 heteroatoms.